The summed E-state index contributed by atoms with van der Waals surface area (Å²) < 4.78 is 47.2. The molecule has 1 unspecified atom stereocenters. The van der Waals surface area contributed by atoms with Gasteiger partial charge in [0.2, 0.25) is 5.91 Å². The minimum absolute atomic E-state index is 0.0710. The fraction of sp³-hybridized carbons (Fsp3) is 0.478. The largest absolute Gasteiger partial charge is 0.573 e. The molecule has 2 N–H and O–H groups in total. The van der Waals surface area contributed by atoms with Gasteiger partial charge in [0, 0.05) is 56.3 Å². The number of para-hydroxylation sites is 1. The van der Waals surface area contributed by atoms with Crippen molar-refractivity contribution < 1.29 is 32.2 Å². The van der Waals surface area contributed by atoms with E-state index in [1.807, 2.05) is 11.0 Å². The van der Waals surface area contributed by atoms with E-state index in [-0.39, 0.29) is 35.7 Å². The number of benzene rings is 1. The van der Waals surface area contributed by atoms with Crippen molar-refractivity contribution in [3.63, 3.8) is 0 Å². The van der Waals surface area contributed by atoms with Crippen LogP contribution < -0.4 is 15.4 Å². The number of thiophene rings is 1. The Balaban J connectivity index is 1.25. The van der Waals surface area contributed by atoms with E-state index in [1.54, 1.807) is 12.1 Å². The first-order chi connectivity index (χ1) is 16.8. The number of alkyl halides is 3. The first-order valence-corrected chi connectivity index (χ1v) is 12.1. The number of hydrogen-bond acceptors (Lipinski definition) is 7. The van der Waals surface area contributed by atoms with Crippen LogP contribution in [0.15, 0.2) is 36.4 Å². The van der Waals surface area contributed by atoms with Crippen LogP contribution in [0.25, 0.3) is 0 Å². The highest BCUT2D eigenvalue weighted by Crippen LogP contribution is 2.26. The maximum absolute atomic E-state index is 12.6. The Morgan fingerprint density at radius 3 is 2.63 bits per heavy atom. The van der Waals surface area contributed by atoms with E-state index in [1.165, 1.54) is 29.5 Å². The van der Waals surface area contributed by atoms with Crippen molar-refractivity contribution in [1.29, 1.82) is 0 Å². The molecule has 1 aromatic carbocycles. The van der Waals surface area contributed by atoms with E-state index < -0.39 is 6.36 Å². The molecule has 4 rings (SSSR count). The monoisotopic (exact) mass is 512 g/mol. The molecule has 2 fully saturated rings. The van der Waals surface area contributed by atoms with Gasteiger partial charge in [-0.05, 0) is 18.2 Å². The summed E-state index contributed by atoms with van der Waals surface area (Å²) in [4.78, 5) is 30.7. The van der Waals surface area contributed by atoms with Gasteiger partial charge >= 0.3 is 6.36 Å². The van der Waals surface area contributed by atoms with Crippen LogP contribution in [0.3, 0.4) is 0 Å². The lowest BCUT2D eigenvalue weighted by Gasteiger charge is -2.37. The van der Waals surface area contributed by atoms with E-state index in [2.05, 4.69) is 20.3 Å². The van der Waals surface area contributed by atoms with Crippen LogP contribution in [0.5, 0.6) is 5.75 Å². The lowest BCUT2D eigenvalue weighted by atomic mass is 10.2. The van der Waals surface area contributed by atoms with Gasteiger partial charge in [-0.25, -0.2) is 0 Å². The molecule has 8 nitrogen and oxygen atoms in total. The summed E-state index contributed by atoms with van der Waals surface area (Å²) in [6.07, 6.45) is -4.80. The van der Waals surface area contributed by atoms with Gasteiger partial charge in [0.25, 0.3) is 5.91 Å². The molecule has 190 valence electrons. The molecule has 2 saturated heterocycles. The number of nitrogens with zero attached hydrogens (tertiary/aromatic N) is 2. The molecule has 12 heteroatoms. The highest BCUT2D eigenvalue weighted by molar-refractivity contribution is 7.14. The maximum Gasteiger partial charge on any atom is 0.573 e. The van der Waals surface area contributed by atoms with Crippen LogP contribution in [-0.4, -0.2) is 80.0 Å². The molecule has 1 atom stereocenters. The Kier molecular flexibility index (Phi) is 8.26. The molecule has 35 heavy (non-hydrogen) atoms. The van der Waals surface area contributed by atoms with Crippen molar-refractivity contribution >= 4 is 23.2 Å². The van der Waals surface area contributed by atoms with Crippen LogP contribution >= 0.6 is 11.3 Å². The number of piperazine rings is 1. The number of halogens is 3. The van der Waals surface area contributed by atoms with Gasteiger partial charge in [0.1, 0.15) is 11.8 Å². The number of hydrogen-bond donors (Lipinski definition) is 2. The molecular weight excluding hydrogens is 485 g/mol. The molecule has 3 heterocycles. The number of carbonyl (C=O) groups is 2. The van der Waals surface area contributed by atoms with E-state index in [4.69, 9.17) is 4.74 Å². The first-order valence-electron chi connectivity index (χ1n) is 11.3. The summed E-state index contributed by atoms with van der Waals surface area (Å²) in [6, 6.07) is 9.02. The molecule has 0 bridgehead atoms. The third kappa shape index (κ3) is 7.17. The second-order valence-corrected chi connectivity index (χ2v) is 9.46. The third-order valence-electron chi connectivity index (χ3n) is 5.81. The average molecular weight is 513 g/mol. The summed E-state index contributed by atoms with van der Waals surface area (Å²) in [7, 11) is 0. The first kappa shape index (κ1) is 25.4. The fourth-order valence-corrected chi connectivity index (χ4v) is 4.98. The highest BCUT2D eigenvalue weighted by Gasteiger charge is 2.32. The summed E-state index contributed by atoms with van der Waals surface area (Å²) in [5.41, 5.74) is 0.234. The molecule has 2 aromatic rings. The van der Waals surface area contributed by atoms with Gasteiger partial charge in [-0.2, -0.15) is 0 Å². The Labute approximate surface area is 205 Å². The smallest absolute Gasteiger partial charge is 0.405 e. The van der Waals surface area contributed by atoms with Gasteiger partial charge in [-0.15, -0.1) is 24.5 Å². The summed E-state index contributed by atoms with van der Waals surface area (Å²) in [5.74, 6) is -0.626. The summed E-state index contributed by atoms with van der Waals surface area (Å²) in [6.45, 7) is 5.01. The Hall–Kier alpha value is -2.67. The molecule has 0 spiro atoms. The zero-order chi connectivity index (χ0) is 24.8. The Morgan fingerprint density at radius 2 is 1.91 bits per heavy atom. The molecule has 2 amide bonds. The van der Waals surface area contributed by atoms with Crippen molar-refractivity contribution in [2.75, 3.05) is 45.9 Å². The van der Waals surface area contributed by atoms with Gasteiger partial charge < -0.3 is 25.0 Å². The van der Waals surface area contributed by atoms with Crippen LogP contribution in [-0.2, 0) is 22.6 Å². The third-order valence-corrected chi connectivity index (χ3v) is 6.88. The summed E-state index contributed by atoms with van der Waals surface area (Å²) >= 11 is 1.34. The number of nitrogens with one attached hydrogen (secondary N) is 2. The molecule has 0 aliphatic carbocycles. The van der Waals surface area contributed by atoms with Crippen molar-refractivity contribution in [2.24, 2.45) is 0 Å². The predicted octanol–water partition coefficient (Wildman–Crippen LogP) is 2.21. The van der Waals surface area contributed by atoms with E-state index in [0.29, 0.717) is 44.3 Å². The van der Waals surface area contributed by atoms with Gasteiger partial charge in [0.15, 0.2) is 0 Å². The van der Waals surface area contributed by atoms with Crippen LogP contribution in [0.1, 0.15) is 20.1 Å². The predicted molar refractivity (Wildman–Crippen MR) is 123 cm³/mol. The molecule has 1 aromatic heterocycles. The van der Waals surface area contributed by atoms with Gasteiger partial charge in [0.05, 0.1) is 18.1 Å². The van der Waals surface area contributed by atoms with Gasteiger partial charge in [-0.1, -0.05) is 18.2 Å². The van der Waals surface area contributed by atoms with Crippen LogP contribution in [0.4, 0.5) is 13.2 Å². The average Bonchev–Trinajstić information content (AvgIpc) is 3.31. The van der Waals surface area contributed by atoms with E-state index in [9.17, 15) is 22.8 Å². The van der Waals surface area contributed by atoms with Crippen LogP contribution in [0.2, 0.25) is 0 Å². The normalized spacial score (nSPS) is 19.4. The molecule has 0 saturated carbocycles. The van der Waals surface area contributed by atoms with Crippen molar-refractivity contribution in [2.45, 2.75) is 25.5 Å². The molecule has 2 aliphatic rings. The molecule has 0 radical (unpaired) electrons. The van der Waals surface area contributed by atoms with Crippen LogP contribution in [0, 0.1) is 0 Å². The number of ether oxygens (including phenoxy) is 2. The van der Waals surface area contributed by atoms with Gasteiger partial charge in [-0.3, -0.25) is 14.5 Å². The Morgan fingerprint density at radius 1 is 1.14 bits per heavy atom. The minimum atomic E-state index is -4.80. The topological polar surface area (TPSA) is 83.1 Å². The lowest BCUT2D eigenvalue weighted by Crippen LogP contribution is -2.56. The molecular formula is C23H27F3N4O4S. The van der Waals surface area contributed by atoms with Crippen molar-refractivity contribution in [3.8, 4) is 5.75 Å². The molecule has 2 aliphatic heterocycles. The van der Waals surface area contributed by atoms with Crippen molar-refractivity contribution in [1.82, 2.24) is 20.4 Å². The minimum Gasteiger partial charge on any atom is -0.405 e. The number of morpholine rings is 1. The second kappa shape index (κ2) is 11.4. The fourth-order valence-electron chi connectivity index (χ4n) is 4.01. The zero-order valence-corrected chi connectivity index (χ0v) is 19.8. The number of carbonyl (C=O) groups excluding carboxylic acids is 2. The highest BCUT2D eigenvalue weighted by atomic mass is 32.1. The SMILES string of the molecule is O=C(NCc1ccccc1OC(F)(F)F)c1ccc(CN2CCN(C(=O)C3COCCN3)CC2)s1. The zero-order valence-electron chi connectivity index (χ0n) is 19.0. The summed E-state index contributed by atoms with van der Waals surface area (Å²) in [5, 5.41) is 5.85. The standard InChI is InChI=1S/C23H27F3N4O4S/c24-23(25,26)34-19-4-2-1-3-16(19)13-28-21(31)20-6-5-17(35-20)14-29-8-10-30(11-9-29)22(32)18-15-33-12-7-27-18/h1-6,18,27H,7-15H2,(H,28,31). The quantitative estimate of drug-likeness (QED) is 0.592. The number of amides is 2. The second-order valence-electron chi connectivity index (χ2n) is 8.29. The maximum atomic E-state index is 12.6. The van der Waals surface area contributed by atoms with E-state index in [0.717, 1.165) is 18.0 Å². The van der Waals surface area contributed by atoms with E-state index >= 15 is 0 Å². The van der Waals surface area contributed by atoms with Crippen molar-refractivity contribution in [3.05, 3.63) is 51.7 Å². The number of rotatable bonds is 7. The Bertz CT molecular complexity index is 1020. The lowest BCUT2D eigenvalue weighted by molar-refractivity contribution is -0.274.